The summed E-state index contributed by atoms with van der Waals surface area (Å²) in [7, 11) is 0. The predicted octanol–water partition coefficient (Wildman–Crippen LogP) is 7.14. The van der Waals surface area contributed by atoms with E-state index >= 15 is 0 Å². The zero-order valence-corrected chi connectivity index (χ0v) is 18.4. The number of hydrogen-bond donors (Lipinski definition) is 2. The van der Waals surface area contributed by atoms with E-state index in [1.807, 2.05) is 42.5 Å². The van der Waals surface area contributed by atoms with Crippen molar-refractivity contribution in [3.05, 3.63) is 46.9 Å². The van der Waals surface area contributed by atoms with Gasteiger partial charge < -0.3 is 10.4 Å². The van der Waals surface area contributed by atoms with Crippen LogP contribution in [0.25, 0.3) is 11.1 Å². The molecule has 1 aliphatic carbocycles. The molecule has 3 rings (SSSR count). The monoisotopic (exact) mass is 444 g/mol. The minimum atomic E-state index is -0.881. The van der Waals surface area contributed by atoms with E-state index in [0.717, 1.165) is 52.7 Å². The Morgan fingerprint density at radius 2 is 1.75 bits per heavy atom. The third-order valence-electron chi connectivity index (χ3n) is 5.09. The van der Waals surface area contributed by atoms with Gasteiger partial charge in [0.2, 0.25) is 0 Å². The van der Waals surface area contributed by atoms with Crippen molar-refractivity contribution in [2.75, 3.05) is 10.2 Å². The average Bonchev–Trinajstić information content (AvgIpc) is 2.64. The minimum Gasteiger partial charge on any atom is -0.465 e. The van der Waals surface area contributed by atoms with Crippen LogP contribution in [-0.4, -0.2) is 22.8 Å². The van der Waals surface area contributed by atoms with Crippen LogP contribution >= 0.6 is 15.9 Å². The molecule has 2 aromatic rings. The molecule has 5 heteroatoms. The molecule has 4 nitrogen and oxygen atoms in total. The molecular formula is C23H29BrN2O2. The summed E-state index contributed by atoms with van der Waals surface area (Å²) in [6.45, 7) is 6.29. The zero-order valence-electron chi connectivity index (χ0n) is 16.8. The van der Waals surface area contributed by atoms with E-state index < -0.39 is 6.09 Å². The van der Waals surface area contributed by atoms with Gasteiger partial charge in [-0.2, -0.15) is 0 Å². The molecule has 0 aliphatic heterocycles. The Balaban J connectivity index is 2.16. The quantitative estimate of drug-likeness (QED) is 0.526. The Morgan fingerprint density at radius 1 is 1.11 bits per heavy atom. The molecular weight excluding hydrogens is 416 g/mol. The average molecular weight is 445 g/mol. The molecule has 0 radical (unpaired) electrons. The van der Waals surface area contributed by atoms with Gasteiger partial charge in [0, 0.05) is 21.6 Å². The van der Waals surface area contributed by atoms with E-state index in [1.165, 1.54) is 6.42 Å². The Bertz CT molecular complexity index is 824. The number of rotatable bonds is 4. The molecule has 0 heterocycles. The Kier molecular flexibility index (Phi) is 6.33. The molecule has 0 aromatic heterocycles. The Hall–Kier alpha value is -2.01. The van der Waals surface area contributed by atoms with Crippen LogP contribution in [-0.2, 0) is 0 Å². The summed E-state index contributed by atoms with van der Waals surface area (Å²) in [6, 6.07) is 14.1. The first-order valence-electron chi connectivity index (χ1n) is 9.95. The van der Waals surface area contributed by atoms with Crippen molar-refractivity contribution in [2.45, 2.75) is 64.5 Å². The molecule has 0 spiro atoms. The van der Waals surface area contributed by atoms with E-state index in [1.54, 1.807) is 4.90 Å². The van der Waals surface area contributed by atoms with E-state index in [0.29, 0.717) is 0 Å². The Morgan fingerprint density at radius 3 is 2.32 bits per heavy atom. The number of benzene rings is 2. The van der Waals surface area contributed by atoms with Crippen molar-refractivity contribution >= 4 is 33.4 Å². The van der Waals surface area contributed by atoms with E-state index in [2.05, 4.69) is 42.0 Å². The maximum absolute atomic E-state index is 12.4. The lowest BCUT2D eigenvalue weighted by molar-refractivity contribution is 0.196. The smallest absolute Gasteiger partial charge is 0.412 e. The number of nitrogens with zero attached hydrogens (tertiary/aromatic N) is 1. The van der Waals surface area contributed by atoms with Gasteiger partial charge in [-0.1, -0.05) is 49.6 Å². The van der Waals surface area contributed by atoms with Crippen LogP contribution < -0.4 is 10.2 Å². The highest BCUT2D eigenvalue weighted by Gasteiger charge is 2.29. The zero-order chi connectivity index (χ0) is 20.3. The predicted molar refractivity (Wildman–Crippen MR) is 120 cm³/mol. The second-order valence-electron chi connectivity index (χ2n) is 8.53. The van der Waals surface area contributed by atoms with Crippen LogP contribution in [0.4, 0.5) is 16.2 Å². The second-order valence-corrected chi connectivity index (χ2v) is 9.39. The molecule has 1 amide bonds. The molecule has 150 valence electrons. The van der Waals surface area contributed by atoms with Gasteiger partial charge in [0.1, 0.15) is 0 Å². The molecule has 0 saturated heterocycles. The van der Waals surface area contributed by atoms with Crippen molar-refractivity contribution in [1.82, 2.24) is 0 Å². The molecule has 2 aromatic carbocycles. The third-order valence-corrected chi connectivity index (χ3v) is 5.74. The normalized spacial score (nSPS) is 15.3. The highest BCUT2D eigenvalue weighted by atomic mass is 79.9. The number of halogens is 1. The summed E-state index contributed by atoms with van der Waals surface area (Å²) in [5, 5.41) is 13.6. The molecule has 0 unspecified atom stereocenters. The maximum Gasteiger partial charge on any atom is 0.412 e. The molecule has 1 aliphatic rings. The fourth-order valence-electron chi connectivity index (χ4n) is 3.91. The fourth-order valence-corrected chi connectivity index (χ4v) is 4.35. The summed E-state index contributed by atoms with van der Waals surface area (Å²) in [5.41, 5.74) is 3.47. The van der Waals surface area contributed by atoms with Gasteiger partial charge in [0.15, 0.2) is 0 Å². The molecule has 0 bridgehead atoms. The van der Waals surface area contributed by atoms with Crippen molar-refractivity contribution in [2.24, 2.45) is 0 Å². The summed E-state index contributed by atoms with van der Waals surface area (Å²) in [6.07, 6.45) is 4.30. The molecule has 1 fully saturated rings. The van der Waals surface area contributed by atoms with Gasteiger partial charge in [-0.25, -0.2) is 4.79 Å². The standard InChI is InChI=1S/C23H29BrN2O2/c1-23(2,3)25-20-15-21(26(22(27)28)17-12-8-5-9-13-17)18(14-19(20)24)16-10-6-4-7-11-16/h4,6-7,10-11,14-15,17,25H,5,8-9,12-13H2,1-3H3,(H,27,28). The Labute approximate surface area is 176 Å². The van der Waals surface area contributed by atoms with Gasteiger partial charge in [-0.05, 0) is 67.2 Å². The van der Waals surface area contributed by atoms with Crippen LogP contribution in [0.15, 0.2) is 46.9 Å². The number of amides is 1. The molecule has 28 heavy (non-hydrogen) atoms. The van der Waals surface area contributed by atoms with Gasteiger partial charge >= 0.3 is 6.09 Å². The fraction of sp³-hybridized carbons (Fsp3) is 0.435. The lowest BCUT2D eigenvalue weighted by Gasteiger charge is -2.34. The first kappa shape index (κ1) is 20.7. The van der Waals surface area contributed by atoms with Gasteiger partial charge in [-0.3, -0.25) is 4.90 Å². The minimum absolute atomic E-state index is 0.0253. The second kappa shape index (κ2) is 8.56. The lowest BCUT2D eigenvalue weighted by atomic mass is 9.92. The van der Waals surface area contributed by atoms with Crippen molar-refractivity contribution in [3.63, 3.8) is 0 Å². The number of carboxylic acid groups (broad SMARTS) is 1. The first-order chi connectivity index (χ1) is 13.3. The third kappa shape index (κ3) is 4.88. The number of anilines is 2. The summed E-state index contributed by atoms with van der Waals surface area (Å²) in [4.78, 5) is 14.0. The lowest BCUT2D eigenvalue weighted by Crippen LogP contribution is -2.41. The van der Waals surface area contributed by atoms with Crippen LogP contribution in [0.5, 0.6) is 0 Å². The van der Waals surface area contributed by atoms with Crippen LogP contribution in [0, 0.1) is 0 Å². The SMILES string of the molecule is CC(C)(C)Nc1cc(N(C(=O)O)C2CCCCC2)c(-c2ccccc2)cc1Br. The van der Waals surface area contributed by atoms with E-state index in [9.17, 15) is 9.90 Å². The topological polar surface area (TPSA) is 52.6 Å². The van der Waals surface area contributed by atoms with Crippen LogP contribution in [0.1, 0.15) is 52.9 Å². The number of carbonyl (C=O) groups is 1. The largest absolute Gasteiger partial charge is 0.465 e. The molecule has 2 N–H and O–H groups in total. The summed E-state index contributed by atoms with van der Waals surface area (Å²) >= 11 is 3.69. The summed E-state index contributed by atoms with van der Waals surface area (Å²) < 4.78 is 0.930. The van der Waals surface area contributed by atoms with Gasteiger partial charge in [-0.15, -0.1) is 0 Å². The highest BCUT2D eigenvalue weighted by molar-refractivity contribution is 9.10. The number of nitrogens with one attached hydrogen (secondary N) is 1. The van der Waals surface area contributed by atoms with Gasteiger partial charge in [0.05, 0.1) is 11.4 Å². The van der Waals surface area contributed by atoms with E-state index in [-0.39, 0.29) is 11.6 Å². The van der Waals surface area contributed by atoms with E-state index in [4.69, 9.17) is 0 Å². The van der Waals surface area contributed by atoms with Crippen molar-refractivity contribution < 1.29 is 9.90 Å². The first-order valence-corrected chi connectivity index (χ1v) is 10.7. The van der Waals surface area contributed by atoms with Crippen LogP contribution in [0.2, 0.25) is 0 Å². The summed E-state index contributed by atoms with van der Waals surface area (Å²) in [5.74, 6) is 0. The van der Waals surface area contributed by atoms with Gasteiger partial charge in [0.25, 0.3) is 0 Å². The van der Waals surface area contributed by atoms with Crippen molar-refractivity contribution in [1.29, 1.82) is 0 Å². The maximum atomic E-state index is 12.4. The number of hydrogen-bond acceptors (Lipinski definition) is 2. The van der Waals surface area contributed by atoms with Crippen LogP contribution in [0.3, 0.4) is 0 Å². The van der Waals surface area contributed by atoms with Crippen molar-refractivity contribution in [3.8, 4) is 11.1 Å². The highest BCUT2D eigenvalue weighted by Crippen LogP contribution is 2.41. The molecule has 1 saturated carbocycles. The molecule has 0 atom stereocenters.